The number of nitrogens with zero attached hydrogens (tertiary/aromatic N) is 3. The molecular formula is C17H20ClN3O2. The van der Waals surface area contributed by atoms with Gasteiger partial charge < -0.3 is 4.74 Å². The molecule has 1 atom stereocenters. The molecule has 1 heterocycles. The van der Waals surface area contributed by atoms with Crippen LogP contribution in [0.3, 0.4) is 0 Å². The highest BCUT2D eigenvalue weighted by Gasteiger charge is 2.32. The Kier molecular flexibility index (Phi) is 5.21. The molecule has 0 amide bonds. The fraction of sp³-hybridized carbons (Fsp3) is 0.353. The summed E-state index contributed by atoms with van der Waals surface area (Å²) in [6.45, 7) is 7.42. The van der Waals surface area contributed by atoms with E-state index in [9.17, 15) is 4.79 Å². The van der Waals surface area contributed by atoms with Crippen LogP contribution in [-0.2, 0) is 9.53 Å². The van der Waals surface area contributed by atoms with E-state index in [1.165, 1.54) is 13.3 Å². The van der Waals surface area contributed by atoms with Crippen molar-refractivity contribution in [3.05, 3.63) is 47.5 Å². The molecule has 2 aromatic rings. The minimum Gasteiger partial charge on any atom is -0.455 e. The largest absolute Gasteiger partial charge is 0.455 e. The van der Waals surface area contributed by atoms with E-state index < -0.39 is 6.10 Å². The molecule has 0 aliphatic carbocycles. The Balaban J connectivity index is 2.52. The normalized spacial score (nSPS) is 13.7. The third kappa shape index (κ3) is 4.66. The van der Waals surface area contributed by atoms with E-state index in [0.717, 1.165) is 11.3 Å². The summed E-state index contributed by atoms with van der Waals surface area (Å²) in [5.41, 5.74) is 1.35. The van der Waals surface area contributed by atoms with Gasteiger partial charge in [-0.3, -0.25) is 4.79 Å². The van der Waals surface area contributed by atoms with Gasteiger partial charge in [-0.15, -0.1) is 0 Å². The summed E-state index contributed by atoms with van der Waals surface area (Å²) in [5.74, 6) is -0.341. The molecule has 0 fully saturated rings. The highest BCUT2D eigenvalue weighted by atomic mass is 35.5. The maximum atomic E-state index is 11.6. The summed E-state index contributed by atoms with van der Waals surface area (Å²) in [5, 5.41) is 4.86. The molecule has 0 saturated carbocycles. The van der Waals surface area contributed by atoms with Gasteiger partial charge in [-0.1, -0.05) is 44.5 Å². The van der Waals surface area contributed by atoms with Crippen molar-refractivity contribution in [2.45, 2.75) is 33.8 Å². The molecule has 0 bridgehead atoms. The molecule has 1 aromatic carbocycles. The molecule has 0 radical (unpaired) electrons. The third-order valence-corrected chi connectivity index (χ3v) is 3.46. The van der Waals surface area contributed by atoms with Crippen molar-refractivity contribution in [2.24, 2.45) is 5.41 Å². The summed E-state index contributed by atoms with van der Waals surface area (Å²) >= 11 is 5.93. The molecule has 23 heavy (non-hydrogen) atoms. The van der Waals surface area contributed by atoms with Gasteiger partial charge in [0.2, 0.25) is 0 Å². The van der Waals surface area contributed by atoms with Crippen LogP contribution < -0.4 is 0 Å². The smallest absolute Gasteiger partial charge is 0.303 e. The Morgan fingerprint density at radius 2 is 1.96 bits per heavy atom. The van der Waals surface area contributed by atoms with Crippen LogP contribution in [0.5, 0.6) is 0 Å². The highest BCUT2D eigenvalue weighted by Crippen LogP contribution is 2.32. The number of aromatic nitrogens is 3. The minimum atomic E-state index is -0.475. The second-order valence-corrected chi connectivity index (χ2v) is 6.75. The predicted molar refractivity (Wildman–Crippen MR) is 90.7 cm³/mol. The van der Waals surface area contributed by atoms with Gasteiger partial charge in [-0.05, 0) is 23.8 Å². The summed E-state index contributed by atoms with van der Waals surface area (Å²) in [6, 6.07) is 7.41. The van der Waals surface area contributed by atoms with Gasteiger partial charge in [0.05, 0.1) is 5.70 Å². The van der Waals surface area contributed by atoms with Gasteiger partial charge >= 0.3 is 5.97 Å². The van der Waals surface area contributed by atoms with Gasteiger partial charge in [0.25, 0.3) is 0 Å². The Labute approximate surface area is 140 Å². The average molecular weight is 334 g/mol. The zero-order chi connectivity index (χ0) is 17.0. The average Bonchev–Trinajstić information content (AvgIpc) is 2.97. The maximum Gasteiger partial charge on any atom is 0.303 e. The number of ether oxygens (including phenoxy) is 1. The van der Waals surface area contributed by atoms with Gasteiger partial charge in [0, 0.05) is 17.4 Å². The van der Waals surface area contributed by atoms with Crippen LogP contribution in [0.25, 0.3) is 11.8 Å². The lowest BCUT2D eigenvalue weighted by Gasteiger charge is -2.31. The number of hydrogen-bond donors (Lipinski definition) is 0. The quantitative estimate of drug-likeness (QED) is 0.796. The lowest BCUT2D eigenvalue weighted by atomic mass is 9.86. The third-order valence-electron chi connectivity index (χ3n) is 3.21. The minimum absolute atomic E-state index is 0.310. The molecule has 1 aromatic heterocycles. The van der Waals surface area contributed by atoms with Crippen LogP contribution in [0.2, 0.25) is 5.02 Å². The van der Waals surface area contributed by atoms with Crippen LogP contribution in [0.15, 0.2) is 36.9 Å². The van der Waals surface area contributed by atoms with Gasteiger partial charge in [-0.25, -0.2) is 9.67 Å². The van der Waals surface area contributed by atoms with Crippen LogP contribution in [0.4, 0.5) is 0 Å². The van der Waals surface area contributed by atoms with Crippen LogP contribution in [0, 0.1) is 5.41 Å². The standard InChI is InChI=1S/C17H20ClN3O2/c1-12(22)23-16(17(2,3)4)15(21-11-19-10-20-21)9-13-5-7-14(18)8-6-13/h5-11,16H,1-4H3. The first kappa shape index (κ1) is 17.2. The lowest BCUT2D eigenvalue weighted by Crippen LogP contribution is -2.34. The summed E-state index contributed by atoms with van der Waals surface area (Å²) in [7, 11) is 0. The number of benzene rings is 1. The second-order valence-electron chi connectivity index (χ2n) is 6.32. The topological polar surface area (TPSA) is 57.0 Å². The number of halogens is 1. The van der Waals surface area contributed by atoms with Crippen LogP contribution in [0.1, 0.15) is 33.3 Å². The molecule has 0 aliphatic heterocycles. The summed E-state index contributed by atoms with van der Waals surface area (Å²) in [4.78, 5) is 15.6. The van der Waals surface area contributed by atoms with Gasteiger partial charge in [-0.2, -0.15) is 5.10 Å². The molecule has 122 valence electrons. The number of carbonyl (C=O) groups excluding carboxylic acids is 1. The molecule has 0 saturated heterocycles. The first-order valence-electron chi connectivity index (χ1n) is 7.27. The van der Waals surface area contributed by atoms with E-state index in [2.05, 4.69) is 10.1 Å². The molecule has 5 nitrogen and oxygen atoms in total. The zero-order valence-corrected chi connectivity index (χ0v) is 14.4. The fourth-order valence-electron chi connectivity index (χ4n) is 2.18. The van der Waals surface area contributed by atoms with E-state index in [4.69, 9.17) is 16.3 Å². The van der Waals surface area contributed by atoms with Gasteiger partial charge in [0.1, 0.15) is 18.8 Å². The van der Waals surface area contributed by atoms with E-state index >= 15 is 0 Å². The lowest BCUT2D eigenvalue weighted by molar-refractivity contribution is -0.148. The molecule has 6 heteroatoms. The van der Waals surface area contributed by atoms with E-state index in [1.807, 2.05) is 51.1 Å². The number of carbonyl (C=O) groups is 1. The Hall–Kier alpha value is -2.14. The SMILES string of the molecule is CC(=O)OC(C(=Cc1ccc(Cl)cc1)n1cncn1)C(C)(C)C. The van der Waals surface area contributed by atoms with Crippen molar-refractivity contribution in [1.82, 2.24) is 14.8 Å². The van der Waals surface area contributed by atoms with Crippen molar-refractivity contribution < 1.29 is 9.53 Å². The Morgan fingerprint density at radius 3 is 2.43 bits per heavy atom. The molecule has 0 aliphatic rings. The number of hydrogen-bond acceptors (Lipinski definition) is 4. The van der Waals surface area contributed by atoms with E-state index in [0.29, 0.717) is 5.02 Å². The first-order valence-corrected chi connectivity index (χ1v) is 7.64. The summed E-state index contributed by atoms with van der Waals surface area (Å²) < 4.78 is 7.19. The summed E-state index contributed by atoms with van der Waals surface area (Å²) in [6.07, 6.45) is 4.48. The van der Waals surface area contributed by atoms with Crippen LogP contribution in [-0.4, -0.2) is 26.8 Å². The molecule has 1 unspecified atom stereocenters. The number of esters is 1. The van der Waals surface area contributed by atoms with Crippen molar-refractivity contribution in [1.29, 1.82) is 0 Å². The number of rotatable bonds is 4. The maximum absolute atomic E-state index is 11.6. The first-order chi connectivity index (χ1) is 10.8. The fourth-order valence-corrected chi connectivity index (χ4v) is 2.31. The van der Waals surface area contributed by atoms with Gasteiger partial charge in [0.15, 0.2) is 0 Å². The highest BCUT2D eigenvalue weighted by molar-refractivity contribution is 6.30. The Bertz CT molecular complexity index is 686. The van der Waals surface area contributed by atoms with Crippen molar-refractivity contribution in [3.63, 3.8) is 0 Å². The molecule has 0 spiro atoms. The van der Waals surface area contributed by atoms with Crippen molar-refractivity contribution in [2.75, 3.05) is 0 Å². The zero-order valence-electron chi connectivity index (χ0n) is 13.7. The second kappa shape index (κ2) is 6.96. The van der Waals surface area contributed by atoms with Crippen LogP contribution >= 0.6 is 11.6 Å². The van der Waals surface area contributed by atoms with E-state index in [-0.39, 0.29) is 11.4 Å². The Morgan fingerprint density at radius 1 is 1.30 bits per heavy atom. The van der Waals surface area contributed by atoms with Crippen molar-refractivity contribution in [3.8, 4) is 0 Å². The van der Waals surface area contributed by atoms with Crippen molar-refractivity contribution >= 4 is 29.3 Å². The van der Waals surface area contributed by atoms with E-state index in [1.54, 1.807) is 11.0 Å². The monoisotopic (exact) mass is 333 g/mol. The molecule has 0 N–H and O–H groups in total. The molecule has 2 rings (SSSR count). The predicted octanol–water partition coefficient (Wildman–Crippen LogP) is 3.91. The molecular weight excluding hydrogens is 314 g/mol.